The number of rotatable bonds is 8. The molecule has 0 heterocycles. The van der Waals surface area contributed by atoms with Gasteiger partial charge >= 0.3 is 0 Å². The van der Waals surface area contributed by atoms with Gasteiger partial charge in [0.2, 0.25) is 0 Å². The monoisotopic (exact) mass is 264 g/mol. The molecule has 0 aliphatic carbocycles. The van der Waals surface area contributed by atoms with E-state index in [0.717, 1.165) is 19.6 Å². The third-order valence-electron chi connectivity index (χ3n) is 3.07. The molecule has 0 aromatic heterocycles. The van der Waals surface area contributed by atoms with Crippen molar-refractivity contribution in [2.24, 2.45) is 5.73 Å². The van der Waals surface area contributed by atoms with E-state index in [9.17, 15) is 0 Å². The van der Waals surface area contributed by atoms with Crippen molar-refractivity contribution in [1.82, 2.24) is 4.90 Å². The Morgan fingerprint density at radius 2 is 1.72 bits per heavy atom. The van der Waals surface area contributed by atoms with Gasteiger partial charge in [0.25, 0.3) is 0 Å². The zero-order chi connectivity index (χ0) is 13.4. The highest BCUT2D eigenvalue weighted by molar-refractivity contribution is 7.80. The van der Waals surface area contributed by atoms with E-state index < -0.39 is 0 Å². The summed E-state index contributed by atoms with van der Waals surface area (Å²) >= 11 is 5.24. The molecule has 0 fully saturated rings. The average Bonchev–Trinajstić information content (AvgIpc) is 2.37. The summed E-state index contributed by atoms with van der Waals surface area (Å²) in [6, 6.07) is 10.3. The SMILES string of the molecule is CCCN(CCC)CC(C(N)=S)c1ccccc1. The molecule has 0 bridgehead atoms. The van der Waals surface area contributed by atoms with Crippen LogP contribution in [0.4, 0.5) is 0 Å². The summed E-state index contributed by atoms with van der Waals surface area (Å²) in [6.45, 7) is 7.57. The van der Waals surface area contributed by atoms with Crippen molar-refractivity contribution in [3.05, 3.63) is 35.9 Å². The molecule has 1 unspecified atom stereocenters. The number of thiocarbonyl (C=S) groups is 1. The molecule has 0 aliphatic heterocycles. The molecule has 1 rings (SSSR count). The van der Waals surface area contributed by atoms with Crippen molar-refractivity contribution in [3.63, 3.8) is 0 Å². The van der Waals surface area contributed by atoms with Gasteiger partial charge in [-0.25, -0.2) is 0 Å². The second-order valence-corrected chi connectivity index (χ2v) is 5.14. The fourth-order valence-corrected chi connectivity index (χ4v) is 2.44. The molecule has 1 aromatic carbocycles. The van der Waals surface area contributed by atoms with Gasteiger partial charge < -0.3 is 10.6 Å². The van der Waals surface area contributed by atoms with Crippen LogP contribution in [0.5, 0.6) is 0 Å². The summed E-state index contributed by atoms with van der Waals surface area (Å²) in [7, 11) is 0. The third kappa shape index (κ3) is 4.75. The van der Waals surface area contributed by atoms with E-state index in [2.05, 4.69) is 30.9 Å². The maximum Gasteiger partial charge on any atom is 0.0816 e. The largest absolute Gasteiger partial charge is 0.393 e. The Morgan fingerprint density at radius 1 is 1.17 bits per heavy atom. The Morgan fingerprint density at radius 3 is 2.17 bits per heavy atom. The van der Waals surface area contributed by atoms with Gasteiger partial charge in [0, 0.05) is 12.5 Å². The van der Waals surface area contributed by atoms with Crippen LogP contribution in [0.1, 0.15) is 38.2 Å². The number of nitrogens with zero attached hydrogens (tertiary/aromatic N) is 1. The van der Waals surface area contributed by atoms with E-state index in [1.165, 1.54) is 18.4 Å². The van der Waals surface area contributed by atoms with Crippen molar-refractivity contribution in [3.8, 4) is 0 Å². The minimum Gasteiger partial charge on any atom is -0.393 e. The summed E-state index contributed by atoms with van der Waals surface area (Å²) in [5, 5.41) is 0. The first-order valence-electron chi connectivity index (χ1n) is 6.75. The van der Waals surface area contributed by atoms with Crippen LogP contribution in [0.15, 0.2) is 30.3 Å². The van der Waals surface area contributed by atoms with Gasteiger partial charge in [0.1, 0.15) is 0 Å². The lowest BCUT2D eigenvalue weighted by atomic mass is 9.98. The first-order chi connectivity index (χ1) is 8.69. The van der Waals surface area contributed by atoms with Crippen molar-refractivity contribution in [2.75, 3.05) is 19.6 Å². The smallest absolute Gasteiger partial charge is 0.0816 e. The molecule has 0 saturated carbocycles. The van der Waals surface area contributed by atoms with E-state index in [-0.39, 0.29) is 5.92 Å². The van der Waals surface area contributed by atoms with Gasteiger partial charge in [-0.05, 0) is 31.5 Å². The zero-order valence-corrected chi connectivity index (χ0v) is 12.2. The van der Waals surface area contributed by atoms with Crippen LogP contribution in [0.25, 0.3) is 0 Å². The Hall–Kier alpha value is -0.930. The van der Waals surface area contributed by atoms with Gasteiger partial charge in [0.15, 0.2) is 0 Å². The lowest BCUT2D eigenvalue weighted by Gasteiger charge is -2.26. The van der Waals surface area contributed by atoms with E-state index in [1.54, 1.807) is 0 Å². The molecular formula is C15H24N2S. The maximum absolute atomic E-state index is 5.91. The van der Waals surface area contributed by atoms with Gasteiger partial charge in [-0.2, -0.15) is 0 Å². The fraction of sp³-hybridized carbons (Fsp3) is 0.533. The summed E-state index contributed by atoms with van der Waals surface area (Å²) in [4.78, 5) is 3.05. The molecular weight excluding hydrogens is 240 g/mol. The van der Waals surface area contributed by atoms with E-state index in [1.807, 2.05) is 18.2 Å². The standard InChI is InChI=1S/C15H24N2S/c1-3-10-17(11-4-2)12-14(15(16)18)13-8-6-5-7-9-13/h5-9,14H,3-4,10-12H2,1-2H3,(H2,16,18). The second-order valence-electron chi connectivity index (χ2n) is 4.67. The summed E-state index contributed by atoms with van der Waals surface area (Å²) in [5.41, 5.74) is 7.14. The normalized spacial score (nSPS) is 12.6. The molecule has 0 aliphatic rings. The first-order valence-corrected chi connectivity index (χ1v) is 7.16. The molecule has 1 atom stereocenters. The molecule has 2 N–H and O–H groups in total. The molecule has 2 nitrogen and oxygen atoms in total. The van der Waals surface area contributed by atoms with Gasteiger partial charge in [-0.15, -0.1) is 0 Å². The highest BCUT2D eigenvalue weighted by Crippen LogP contribution is 2.18. The Balaban J connectivity index is 2.76. The van der Waals surface area contributed by atoms with Gasteiger partial charge in [0.05, 0.1) is 4.99 Å². The topological polar surface area (TPSA) is 29.3 Å². The second kappa shape index (κ2) is 8.22. The minimum atomic E-state index is 0.166. The molecule has 0 amide bonds. The van der Waals surface area contributed by atoms with Gasteiger partial charge in [-0.1, -0.05) is 56.4 Å². The van der Waals surface area contributed by atoms with Crippen LogP contribution in [0.3, 0.4) is 0 Å². The van der Waals surface area contributed by atoms with E-state index >= 15 is 0 Å². The molecule has 18 heavy (non-hydrogen) atoms. The zero-order valence-electron chi connectivity index (χ0n) is 11.4. The Kier molecular flexibility index (Phi) is 6.91. The van der Waals surface area contributed by atoms with Crippen LogP contribution in [-0.2, 0) is 0 Å². The predicted molar refractivity (Wildman–Crippen MR) is 83.0 cm³/mol. The number of benzene rings is 1. The molecule has 1 aromatic rings. The van der Waals surface area contributed by atoms with Crippen molar-refractivity contribution in [1.29, 1.82) is 0 Å². The van der Waals surface area contributed by atoms with E-state index in [0.29, 0.717) is 4.99 Å². The number of nitrogens with two attached hydrogens (primary N) is 1. The molecule has 0 saturated heterocycles. The van der Waals surface area contributed by atoms with Crippen molar-refractivity contribution >= 4 is 17.2 Å². The lowest BCUT2D eigenvalue weighted by Crippen LogP contribution is -2.35. The van der Waals surface area contributed by atoms with Crippen LogP contribution < -0.4 is 5.73 Å². The summed E-state index contributed by atoms with van der Waals surface area (Å²) in [6.07, 6.45) is 2.33. The molecule has 0 spiro atoms. The highest BCUT2D eigenvalue weighted by Gasteiger charge is 2.17. The first kappa shape index (κ1) is 15.1. The quantitative estimate of drug-likeness (QED) is 0.731. The third-order valence-corrected chi connectivity index (χ3v) is 3.35. The molecule has 3 heteroatoms. The Bertz CT molecular complexity index is 345. The lowest BCUT2D eigenvalue weighted by molar-refractivity contribution is 0.272. The van der Waals surface area contributed by atoms with E-state index in [4.69, 9.17) is 18.0 Å². The summed E-state index contributed by atoms with van der Waals surface area (Å²) < 4.78 is 0. The van der Waals surface area contributed by atoms with Crippen molar-refractivity contribution in [2.45, 2.75) is 32.6 Å². The Labute approximate surface area is 116 Å². The summed E-state index contributed by atoms with van der Waals surface area (Å²) in [5.74, 6) is 0.166. The van der Waals surface area contributed by atoms with Crippen molar-refractivity contribution < 1.29 is 0 Å². The molecule has 0 radical (unpaired) electrons. The highest BCUT2D eigenvalue weighted by atomic mass is 32.1. The molecule has 100 valence electrons. The van der Waals surface area contributed by atoms with Crippen LogP contribution in [0.2, 0.25) is 0 Å². The van der Waals surface area contributed by atoms with Gasteiger partial charge in [-0.3, -0.25) is 0 Å². The van der Waals surface area contributed by atoms with Crippen LogP contribution in [0, 0.1) is 0 Å². The predicted octanol–water partition coefficient (Wildman–Crippen LogP) is 3.18. The van der Waals surface area contributed by atoms with Crippen LogP contribution in [-0.4, -0.2) is 29.5 Å². The van der Waals surface area contributed by atoms with Crippen LogP contribution >= 0.6 is 12.2 Å². The fourth-order valence-electron chi connectivity index (χ4n) is 2.23. The number of hydrogen-bond donors (Lipinski definition) is 1. The number of hydrogen-bond acceptors (Lipinski definition) is 2. The minimum absolute atomic E-state index is 0.166. The maximum atomic E-state index is 5.91. The average molecular weight is 264 g/mol.